The topological polar surface area (TPSA) is 53.5 Å². The second-order valence-corrected chi connectivity index (χ2v) is 7.31. The summed E-state index contributed by atoms with van der Waals surface area (Å²) >= 11 is 0. The van der Waals surface area contributed by atoms with Crippen molar-refractivity contribution in [2.24, 2.45) is 0 Å². The monoisotopic (exact) mass is 418 g/mol. The number of hydrogen-bond acceptors (Lipinski definition) is 5. The van der Waals surface area contributed by atoms with Crippen molar-refractivity contribution in [1.29, 1.82) is 0 Å². The van der Waals surface area contributed by atoms with Gasteiger partial charge in [0.05, 0.1) is 26.8 Å². The Bertz CT molecular complexity index is 1200. The molecule has 5 nitrogen and oxygen atoms in total. The molecule has 0 amide bonds. The van der Waals surface area contributed by atoms with E-state index in [9.17, 15) is 0 Å². The molecule has 162 valence electrons. The van der Waals surface area contributed by atoms with Crippen molar-refractivity contribution in [1.82, 2.24) is 9.97 Å². The van der Waals surface area contributed by atoms with Gasteiger partial charge >= 0.3 is 0 Å². The third-order valence-corrected chi connectivity index (χ3v) is 5.40. The number of rotatable bonds is 7. The second kappa shape index (κ2) is 9.65. The number of hydrogen-bond donors (Lipinski definition) is 0. The summed E-state index contributed by atoms with van der Waals surface area (Å²) in [6.07, 6.45) is 6.51. The SMILES string of the molecule is C.CCCc1nc2ccc(OC)cc2cc1Cc1cncc2cc(OC)c(OC)cc12. The number of fused-ring (bicyclic) bond motifs is 2. The summed E-state index contributed by atoms with van der Waals surface area (Å²) in [5.41, 5.74) is 4.47. The fourth-order valence-electron chi connectivity index (χ4n) is 3.87. The fraction of sp³-hybridized carbons (Fsp3) is 0.308. The van der Waals surface area contributed by atoms with Crippen molar-refractivity contribution in [2.45, 2.75) is 33.6 Å². The van der Waals surface area contributed by atoms with Crippen LogP contribution < -0.4 is 14.2 Å². The minimum atomic E-state index is 0. The Morgan fingerprint density at radius 3 is 2.29 bits per heavy atom. The molecule has 4 rings (SSSR count). The highest BCUT2D eigenvalue weighted by Gasteiger charge is 2.13. The zero-order chi connectivity index (χ0) is 21.1. The second-order valence-electron chi connectivity index (χ2n) is 7.31. The Balaban J connectivity index is 0.00000272. The van der Waals surface area contributed by atoms with Gasteiger partial charge in [-0.15, -0.1) is 0 Å². The Kier molecular flexibility index (Phi) is 6.95. The van der Waals surface area contributed by atoms with Gasteiger partial charge in [-0.2, -0.15) is 0 Å². The van der Waals surface area contributed by atoms with Crippen LogP contribution in [0.25, 0.3) is 21.7 Å². The number of ether oxygens (including phenoxy) is 3. The van der Waals surface area contributed by atoms with Crippen molar-refractivity contribution in [3.05, 3.63) is 65.6 Å². The van der Waals surface area contributed by atoms with E-state index in [2.05, 4.69) is 18.0 Å². The number of nitrogens with zero attached hydrogens (tertiary/aromatic N) is 2. The molecule has 0 fully saturated rings. The first-order valence-electron chi connectivity index (χ1n) is 10.1. The Morgan fingerprint density at radius 2 is 1.58 bits per heavy atom. The van der Waals surface area contributed by atoms with Crippen molar-refractivity contribution < 1.29 is 14.2 Å². The third-order valence-electron chi connectivity index (χ3n) is 5.40. The number of aryl methyl sites for hydroxylation is 1. The minimum Gasteiger partial charge on any atom is -0.497 e. The molecule has 0 saturated carbocycles. The van der Waals surface area contributed by atoms with E-state index in [0.717, 1.165) is 57.9 Å². The molecule has 2 aromatic carbocycles. The normalized spacial score (nSPS) is 10.7. The van der Waals surface area contributed by atoms with Crippen molar-refractivity contribution >= 4 is 21.7 Å². The first-order chi connectivity index (χ1) is 14.7. The van der Waals surface area contributed by atoms with E-state index in [1.807, 2.05) is 42.7 Å². The van der Waals surface area contributed by atoms with E-state index in [1.54, 1.807) is 21.3 Å². The lowest BCUT2D eigenvalue weighted by molar-refractivity contribution is 0.356. The molecule has 0 aliphatic rings. The summed E-state index contributed by atoms with van der Waals surface area (Å²) in [5, 5.41) is 3.21. The molecule has 31 heavy (non-hydrogen) atoms. The highest BCUT2D eigenvalue weighted by molar-refractivity contribution is 5.89. The van der Waals surface area contributed by atoms with Crippen molar-refractivity contribution in [3.63, 3.8) is 0 Å². The highest BCUT2D eigenvalue weighted by atomic mass is 16.5. The fourth-order valence-corrected chi connectivity index (χ4v) is 3.87. The highest BCUT2D eigenvalue weighted by Crippen LogP contribution is 2.34. The van der Waals surface area contributed by atoms with Crippen LogP contribution in [0, 0.1) is 0 Å². The van der Waals surface area contributed by atoms with E-state index >= 15 is 0 Å². The molecular formula is C26H30N2O3. The molecule has 0 aliphatic carbocycles. The summed E-state index contributed by atoms with van der Waals surface area (Å²) < 4.78 is 16.4. The standard InChI is InChI=1S/C25H26N2O3.CH4/c1-5-6-22-16(9-17-11-20(28-2)7-8-23(17)27-22)10-18-14-26-15-19-12-24(29-3)25(30-4)13-21(18)19;/h7-9,11-15H,5-6,10H2,1-4H3;1H4. The molecule has 0 spiro atoms. The van der Waals surface area contributed by atoms with Crippen molar-refractivity contribution in [2.75, 3.05) is 21.3 Å². The smallest absolute Gasteiger partial charge is 0.161 e. The van der Waals surface area contributed by atoms with Crippen LogP contribution in [0.2, 0.25) is 0 Å². The molecule has 2 aromatic heterocycles. The molecule has 0 atom stereocenters. The first kappa shape index (κ1) is 22.3. The molecule has 2 heterocycles. The van der Waals surface area contributed by atoms with Gasteiger partial charge < -0.3 is 14.2 Å². The van der Waals surface area contributed by atoms with Gasteiger partial charge in [0.1, 0.15) is 5.75 Å². The van der Waals surface area contributed by atoms with Gasteiger partial charge in [0.25, 0.3) is 0 Å². The molecule has 0 radical (unpaired) electrons. The molecule has 5 heteroatoms. The lowest BCUT2D eigenvalue weighted by atomic mass is 9.97. The summed E-state index contributed by atoms with van der Waals surface area (Å²) in [6.45, 7) is 2.18. The van der Waals surface area contributed by atoms with Crippen LogP contribution in [0.5, 0.6) is 17.2 Å². The average Bonchev–Trinajstić information content (AvgIpc) is 2.78. The molecular weight excluding hydrogens is 388 g/mol. The zero-order valence-corrected chi connectivity index (χ0v) is 17.9. The van der Waals surface area contributed by atoms with Crippen LogP contribution in [0.15, 0.2) is 48.8 Å². The summed E-state index contributed by atoms with van der Waals surface area (Å²) in [5.74, 6) is 2.25. The molecule has 0 unspecified atom stereocenters. The lowest BCUT2D eigenvalue weighted by Crippen LogP contribution is -2.01. The number of pyridine rings is 2. The molecule has 0 N–H and O–H groups in total. The van der Waals surface area contributed by atoms with E-state index in [-0.39, 0.29) is 7.43 Å². The van der Waals surface area contributed by atoms with Gasteiger partial charge in [-0.1, -0.05) is 20.8 Å². The van der Waals surface area contributed by atoms with Gasteiger partial charge in [0, 0.05) is 35.3 Å². The van der Waals surface area contributed by atoms with Crippen LogP contribution in [0.3, 0.4) is 0 Å². The quantitative estimate of drug-likeness (QED) is 0.369. The summed E-state index contributed by atoms with van der Waals surface area (Å²) in [6, 6.07) is 12.3. The van der Waals surface area contributed by atoms with E-state index in [1.165, 1.54) is 5.56 Å². The Hall–Kier alpha value is -3.34. The molecule has 0 bridgehead atoms. The lowest BCUT2D eigenvalue weighted by Gasteiger charge is -2.14. The minimum absolute atomic E-state index is 0. The van der Waals surface area contributed by atoms with Gasteiger partial charge in [-0.25, -0.2) is 0 Å². The van der Waals surface area contributed by atoms with Crippen LogP contribution in [0.4, 0.5) is 0 Å². The third kappa shape index (κ3) is 4.41. The van der Waals surface area contributed by atoms with Crippen LogP contribution in [-0.2, 0) is 12.8 Å². The number of aromatic nitrogens is 2. The molecule has 4 aromatic rings. The zero-order valence-electron chi connectivity index (χ0n) is 17.9. The maximum atomic E-state index is 5.52. The largest absolute Gasteiger partial charge is 0.497 e. The molecule has 0 saturated heterocycles. The maximum Gasteiger partial charge on any atom is 0.161 e. The maximum absolute atomic E-state index is 5.52. The average molecular weight is 419 g/mol. The number of methoxy groups -OCH3 is 3. The Labute approximate surface area is 184 Å². The predicted molar refractivity (Wildman–Crippen MR) is 127 cm³/mol. The van der Waals surface area contributed by atoms with Crippen molar-refractivity contribution in [3.8, 4) is 17.2 Å². The van der Waals surface area contributed by atoms with E-state index in [4.69, 9.17) is 19.2 Å². The Morgan fingerprint density at radius 1 is 0.806 bits per heavy atom. The predicted octanol–water partition coefficient (Wildman–Crippen LogP) is 5.99. The van der Waals surface area contributed by atoms with Crippen LogP contribution in [0.1, 0.15) is 37.6 Å². The molecule has 0 aliphatic heterocycles. The van der Waals surface area contributed by atoms with Crippen LogP contribution in [-0.4, -0.2) is 31.3 Å². The summed E-state index contributed by atoms with van der Waals surface area (Å²) in [4.78, 5) is 9.43. The van der Waals surface area contributed by atoms with Crippen LogP contribution >= 0.6 is 0 Å². The van der Waals surface area contributed by atoms with Gasteiger partial charge in [-0.3, -0.25) is 9.97 Å². The van der Waals surface area contributed by atoms with Gasteiger partial charge in [0.15, 0.2) is 11.5 Å². The van der Waals surface area contributed by atoms with Gasteiger partial charge in [-0.05, 0) is 59.3 Å². The van der Waals surface area contributed by atoms with E-state index in [0.29, 0.717) is 11.5 Å². The number of benzene rings is 2. The summed E-state index contributed by atoms with van der Waals surface area (Å²) in [7, 11) is 4.99. The van der Waals surface area contributed by atoms with Gasteiger partial charge in [0.2, 0.25) is 0 Å². The van der Waals surface area contributed by atoms with E-state index < -0.39 is 0 Å². The first-order valence-corrected chi connectivity index (χ1v) is 10.1.